The SMILES string of the molecule is COc1ccc2c(C)c3n(cc-2c1=O)CCc1cc2c(cc1-3)OCO2. The Labute approximate surface area is 144 Å². The molecule has 0 fully saturated rings. The predicted molar refractivity (Wildman–Crippen MR) is 93.9 cm³/mol. The van der Waals surface area contributed by atoms with Crippen molar-refractivity contribution in [1.29, 1.82) is 0 Å². The van der Waals surface area contributed by atoms with Gasteiger partial charge in [0.1, 0.15) is 0 Å². The number of methoxy groups -OCH3 is 1. The number of hydrogen-bond donors (Lipinski definition) is 0. The first-order valence-electron chi connectivity index (χ1n) is 8.31. The van der Waals surface area contributed by atoms with Crippen molar-refractivity contribution in [2.24, 2.45) is 0 Å². The van der Waals surface area contributed by atoms with Gasteiger partial charge < -0.3 is 18.8 Å². The van der Waals surface area contributed by atoms with Crippen molar-refractivity contribution in [3.8, 4) is 39.6 Å². The van der Waals surface area contributed by atoms with Crippen LogP contribution in [0.25, 0.3) is 22.4 Å². The summed E-state index contributed by atoms with van der Waals surface area (Å²) in [6.45, 7) is 3.17. The molecule has 0 aromatic heterocycles. The number of hydrogen-bond acceptors (Lipinski definition) is 4. The van der Waals surface area contributed by atoms with Gasteiger partial charge in [-0.3, -0.25) is 4.79 Å². The largest absolute Gasteiger partial charge is 0.493 e. The Morgan fingerprint density at radius 3 is 2.68 bits per heavy atom. The molecule has 5 nitrogen and oxygen atoms in total. The van der Waals surface area contributed by atoms with Gasteiger partial charge in [-0.15, -0.1) is 0 Å². The lowest BCUT2D eigenvalue weighted by Gasteiger charge is -2.27. The molecule has 1 aromatic rings. The standard InChI is InChI=1S/C20H17NO4/c1-11-13-3-4-16(23-2)20(22)15(13)9-21-6-5-12-7-17-18(25-10-24-17)8-14(12)19(11)21/h3-4,7-9H,5-6,10H2,1-2H3. The summed E-state index contributed by atoms with van der Waals surface area (Å²) in [5, 5.41) is 0. The second-order valence-electron chi connectivity index (χ2n) is 6.47. The van der Waals surface area contributed by atoms with Gasteiger partial charge in [-0.25, -0.2) is 0 Å². The molecule has 0 bridgehead atoms. The average Bonchev–Trinajstić information content (AvgIpc) is 3.08. The van der Waals surface area contributed by atoms with Crippen molar-refractivity contribution in [3.63, 3.8) is 0 Å². The van der Waals surface area contributed by atoms with E-state index in [1.807, 2.05) is 12.3 Å². The van der Waals surface area contributed by atoms with Crippen LogP contribution in [-0.4, -0.2) is 18.5 Å². The van der Waals surface area contributed by atoms with Crippen molar-refractivity contribution in [3.05, 3.63) is 51.8 Å². The maximum atomic E-state index is 12.6. The summed E-state index contributed by atoms with van der Waals surface area (Å²) in [4.78, 5) is 12.6. The highest BCUT2D eigenvalue weighted by molar-refractivity contribution is 5.81. The molecular formula is C20H17NO4. The smallest absolute Gasteiger partial charge is 0.231 e. The third-order valence-electron chi connectivity index (χ3n) is 5.19. The summed E-state index contributed by atoms with van der Waals surface area (Å²) in [5.74, 6) is 1.98. The number of fused-ring (bicyclic) bond motifs is 5. The van der Waals surface area contributed by atoms with E-state index in [1.54, 1.807) is 6.07 Å². The first kappa shape index (κ1) is 14.4. The van der Waals surface area contributed by atoms with E-state index in [9.17, 15) is 4.79 Å². The molecule has 1 aromatic carbocycles. The molecular weight excluding hydrogens is 318 g/mol. The Morgan fingerprint density at radius 2 is 1.88 bits per heavy atom. The molecule has 0 saturated carbocycles. The number of pyridine rings is 1. The number of aromatic nitrogens is 1. The summed E-state index contributed by atoms with van der Waals surface area (Å²) < 4.78 is 18.4. The Balaban J connectivity index is 1.82. The van der Waals surface area contributed by atoms with E-state index < -0.39 is 0 Å². The summed E-state index contributed by atoms with van der Waals surface area (Å²) in [6.07, 6.45) is 2.85. The van der Waals surface area contributed by atoms with Crippen molar-refractivity contribution in [2.75, 3.05) is 13.9 Å². The van der Waals surface area contributed by atoms with Crippen LogP contribution in [0.4, 0.5) is 0 Å². The van der Waals surface area contributed by atoms with Gasteiger partial charge >= 0.3 is 0 Å². The maximum absolute atomic E-state index is 12.6. The number of benzene rings is 2. The van der Waals surface area contributed by atoms with Crippen LogP contribution in [0.3, 0.4) is 0 Å². The molecule has 0 atom stereocenters. The highest BCUT2D eigenvalue weighted by Gasteiger charge is 2.26. The average molecular weight is 335 g/mol. The quantitative estimate of drug-likeness (QED) is 0.685. The fourth-order valence-electron chi connectivity index (χ4n) is 3.94. The molecule has 4 aliphatic rings. The molecule has 5 rings (SSSR count). The second-order valence-corrected chi connectivity index (χ2v) is 6.47. The van der Waals surface area contributed by atoms with Crippen LogP contribution in [0.15, 0.2) is 35.3 Å². The zero-order valence-electron chi connectivity index (χ0n) is 14.1. The number of aryl methyl sites for hydroxylation is 2. The molecule has 25 heavy (non-hydrogen) atoms. The molecule has 0 saturated heterocycles. The lowest BCUT2D eigenvalue weighted by atomic mass is 9.89. The van der Waals surface area contributed by atoms with Crippen LogP contribution < -0.4 is 19.6 Å². The molecule has 0 unspecified atom stereocenters. The molecule has 0 spiro atoms. The normalized spacial score (nSPS) is 14.3. The van der Waals surface area contributed by atoms with Gasteiger partial charge in [-0.05, 0) is 48.2 Å². The second kappa shape index (κ2) is 5.02. The van der Waals surface area contributed by atoms with Crippen LogP contribution in [0.2, 0.25) is 0 Å². The molecule has 126 valence electrons. The highest BCUT2D eigenvalue weighted by Crippen LogP contribution is 2.43. The van der Waals surface area contributed by atoms with Crippen LogP contribution in [0.5, 0.6) is 17.2 Å². The van der Waals surface area contributed by atoms with Crippen LogP contribution in [0, 0.1) is 6.92 Å². The van der Waals surface area contributed by atoms with Gasteiger partial charge in [-0.2, -0.15) is 0 Å². The van der Waals surface area contributed by atoms with Gasteiger partial charge in [0.05, 0.1) is 12.8 Å². The number of rotatable bonds is 1. The minimum absolute atomic E-state index is 0.0603. The summed E-state index contributed by atoms with van der Waals surface area (Å²) in [5.41, 5.74) is 6.23. The van der Waals surface area contributed by atoms with Gasteiger partial charge in [0.2, 0.25) is 12.2 Å². The van der Waals surface area contributed by atoms with E-state index in [0.717, 1.165) is 46.8 Å². The van der Waals surface area contributed by atoms with Crippen LogP contribution in [-0.2, 0) is 13.0 Å². The Hall–Kier alpha value is -2.95. The molecule has 1 aliphatic carbocycles. The minimum atomic E-state index is -0.0603. The van der Waals surface area contributed by atoms with Gasteiger partial charge in [0.15, 0.2) is 17.2 Å². The first-order valence-corrected chi connectivity index (χ1v) is 8.31. The zero-order chi connectivity index (χ0) is 17.1. The van der Waals surface area contributed by atoms with Crippen LogP contribution >= 0.6 is 0 Å². The van der Waals surface area contributed by atoms with E-state index in [4.69, 9.17) is 14.2 Å². The Bertz CT molecular complexity index is 1050. The topological polar surface area (TPSA) is 49.7 Å². The Kier molecular flexibility index (Phi) is 2.89. The highest BCUT2D eigenvalue weighted by atomic mass is 16.7. The van der Waals surface area contributed by atoms with Gasteiger partial charge in [-0.1, -0.05) is 6.07 Å². The molecule has 3 aliphatic heterocycles. The fraction of sp³-hybridized carbons (Fsp3) is 0.250. The molecule has 0 N–H and O–H groups in total. The number of ether oxygens (including phenoxy) is 3. The van der Waals surface area contributed by atoms with Crippen molar-refractivity contribution < 1.29 is 14.2 Å². The number of nitrogens with zero attached hydrogens (tertiary/aromatic N) is 1. The summed E-state index contributed by atoms with van der Waals surface area (Å²) in [6, 6.07) is 7.85. The third kappa shape index (κ3) is 1.92. The lowest BCUT2D eigenvalue weighted by molar-refractivity contribution is 0.174. The van der Waals surface area contributed by atoms with Crippen molar-refractivity contribution >= 4 is 0 Å². The van der Waals surface area contributed by atoms with Crippen LogP contribution in [0.1, 0.15) is 11.1 Å². The molecule has 5 heteroatoms. The molecule has 3 heterocycles. The third-order valence-corrected chi connectivity index (χ3v) is 5.19. The fourth-order valence-corrected chi connectivity index (χ4v) is 3.94. The molecule has 0 amide bonds. The van der Waals surface area contributed by atoms with E-state index in [1.165, 1.54) is 12.7 Å². The van der Waals surface area contributed by atoms with Crippen molar-refractivity contribution in [2.45, 2.75) is 19.9 Å². The Morgan fingerprint density at radius 1 is 1.08 bits per heavy atom. The monoisotopic (exact) mass is 335 g/mol. The summed E-state index contributed by atoms with van der Waals surface area (Å²) in [7, 11) is 1.53. The van der Waals surface area contributed by atoms with E-state index in [0.29, 0.717) is 11.3 Å². The van der Waals surface area contributed by atoms with E-state index in [-0.39, 0.29) is 12.2 Å². The minimum Gasteiger partial charge on any atom is -0.493 e. The van der Waals surface area contributed by atoms with Crippen molar-refractivity contribution in [1.82, 2.24) is 4.57 Å². The zero-order valence-corrected chi connectivity index (χ0v) is 14.1. The van der Waals surface area contributed by atoms with E-state index in [2.05, 4.69) is 23.6 Å². The maximum Gasteiger partial charge on any atom is 0.231 e. The van der Waals surface area contributed by atoms with E-state index >= 15 is 0 Å². The molecule has 0 radical (unpaired) electrons. The van der Waals surface area contributed by atoms with Gasteiger partial charge in [0.25, 0.3) is 0 Å². The first-order chi connectivity index (χ1) is 12.2. The lowest BCUT2D eigenvalue weighted by Crippen LogP contribution is -2.18. The summed E-state index contributed by atoms with van der Waals surface area (Å²) >= 11 is 0. The van der Waals surface area contributed by atoms with Gasteiger partial charge in [0, 0.05) is 23.9 Å². The predicted octanol–water partition coefficient (Wildman–Crippen LogP) is 3.22.